The van der Waals surface area contributed by atoms with Crippen LogP contribution in [0.5, 0.6) is 0 Å². The van der Waals surface area contributed by atoms with Crippen LogP contribution in [0.15, 0.2) is 24.3 Å². The van der Waals surface area contributed by atoms with Crippen LogP contribution in [0, 0.1) is 0 Å². The molecule has 1 aromatic carbocycles. The number of carbonyl (C=O) groups is 1. The monoisotopic (exact) mass is 271 g/mol. The third kappa shape index (κ3) is 4.72. The highest BCUT2D eigenvalue weighted by Gasteiger charge is 2.09. The Kier molecular flexibility index (Phi) is 5.11. The molecule has 4 N–H and O–H groups in total. The van der Waals surface area contributed by atoms with Gasteiger partial charge in [0.2, 0.25) is 15.9 Å². The van der Waals surface area contributed by atoms with Crippen molar-refractivity contribution in [3.63, 3.8) is 0 Å². The highest BCUT2D eigenvalue weighted by atomic mass is 32.2. The van der Waals surface area contributed by atoms with Crippen molar-refractivity contribution in [1.82, 2.24) is 0 Å². The zero-order valence-corrected chi connectivity index (χ0v) is 11.0. The predicted octanol–water partition coefficient (Wildman–Crippen LogP) is 0.736. The first-order chi connectivity index (χ1) is 8.46. The molecular formula is C11H17N3O3S. The molecule has 1 amide bonds. The van der Waals surface area contributed by atoms with Gasteiger partial charge >= 0.3 is 0 Å². The Morgan fingerprint density at radius 3 is 2.61 bits per heavy atom. The summed E-state index contributed by atoms with van der Waals surface area (Å²) in [5.41, 5.74) is 6.09. The number of hydrogen-bond donors (Lipinski definition) is 3. The second-order valence-corrected chi connectivity index (χ2v) is 5.60. The van der Waals surface area contributed by atoms with Crippen LogP contribution in [-0.2, 0) is 14.8 Å². The summed E-state index contributed by atoms with van der Waals surface area (Å²) in [6.45, 7) is 1.67. The molecule has 0 bridgehead atoms. The summed E-state index contributed by atoms with van der Waals surface area (Å²) >= 11 is 0. The molecule has 0 aliphatic rings. The second kappa shape index (κ2) is 6.36. The molecule has 0 saturated carbocycles. The van der Waals surface area contributed by atoms with Gasteiger partial charge in [-0.15, -0.1) is 0 Å². The summed E-state index contributed by atoms with van der Waals surface area (Å²) in [5.74, 6) is -0.268. The van der Waals surface area contributed by atoms with E-state index in [-0.39, 0.29) is 18.2 Å². The molecule has 0 heterocycles. The highest BCUT2D eigenvalue weighted by molar-refractivity contribution is 7.92. The largest absolute Gasteiger partial charge is 0.325 e. The van der Waals surface area contributed by atoms with Crippen LogP contribution in [0.2, 0.25) is 0 Å². The number of anilines is 2. The van der Waals surface area contributed by atoms with Gasteiger partial charge in [0.1, 0.15) is 0 Å². The fourth-order valence-corrected chi connectivity index (χ4v) is 2.50. The standard InChI is InChI=1S/C11H17N3O3S/c1-2-6-18(16,17)14-10-5-3-4-9(7-10)13-11(15)8-12/h3-5,7,14H,2,6,8,12H2,1H3,(H,13,15). The minimum atomic E-state index is -3.32. The lowest BCUT2D eigenvalue weighted by Gasteiger charge is -2.09. The molecule has 0 aromatic heterocycles. The molecule has 100 valence electrons. The highest BCUT2D eigenvalue weighted by Crippen LogP contribution is 2.16. The molecule has 0 atom stereocenters. The molecular weight excluding hydrogens is 254 g/mol. The van der Waals surface area contributed by atoms with E-state index in [1.807, 2.05) is 0 Å². The van der Waals surface area contributed by atoms with Crippen molar-refractivity contribution in [1.29, 1.82) is 0 Å². The molecule has 6 nitrogen and oxygen atoms in total. The molecule has 1 aromatic rings. The molecule has 0 fully saturated rings. The van der Waals surface area contributed by atoms with Gasteiger partial charge in [0.25, 0.3) is 0 Å². The summed E-state index contributed by atoms with van der Waals surface area (Å²) in [6.07, 6.45) is 0.541. The van der Waals surface area contributed by atoms with E-state index in [4.69, 9.17) is 5.73 Å². The normalized spacial score (nSPS) is 11.0. The van der Waals surface area contributed by atoms with Crippen LogP contribution in [0.25, 0.3) is 0 Å². The lowest BCUT2D eigenvalue weighted by atomic mass is 10.3. The van der Waals surface area contributed by atoms with Crippen LogP contribution in [0.4, 0.5) is 11.4 Å². The average Bonchev–Trinajstić information content (AvgIpc) is 2.28. The van der Waals surface area contributed by atoms with Crippen LogP contribution in [-0.4, -0.2) is 26.6 Å². The van der Waals surface area contributed by atoms with Gasteiger partial charge in [0, 0.05) is 5.69 Å². The van der Waals surface area contributed by atoms with Gasteiger partial charge in [-0.2, -0.15) is 0 Å². The Hall–Kier alpha value is -1.60. The molecule has 0 saturated heterocycles. The third-order valence-electron chi connectivity index (χ3n) is 2.08. The van der Waals surface area contributed by atoms with Crippen molar-refractivity contribution in [3.8, 4) is 0 Å². The van der Waals surface area contributed by atoms with Crippen molar-refractivity contribution in [3.05, 3.63) is 24.3 Å². The van der Waals surface area contributed by atoms with Crippen LogP contribution in [0.3, 0.4) is 0 Å². The van der Waals surface area contributed by atoms with E-state index in [1.54, 1.807) is 31.2 Å². The van der Waals surface area contributed by atoms with E-state index in [2.05, 4.69) is 10.0 Å². The van der Waals surface area contributed by atoms with Gasteiger partial charge < -0.3 is 11.1 Å². The Balaban J connectivity index is 2.79. The zero-order chi connectivity index (χ0) is 13.6. The molecule has 0 spiro atoms. The molecule has 0 aliphatic carbocycles. The van der Waals surface area contributed by atoms with Crippen LogP contribution < -0.4 is 15.8 Å². The molecule has 0 aliphatic heterocycles. The van der Waals surface area contributed by atoms with Crippen LogP contribution >= 0.6 is 0 Å². The predicted molar refractivity (Wildman–Crippen MR) is 71.8 cm³/mol. The topological polar surface area (TPSA) is 101 Å². The number of hydrogen-bond acceptors (Lipinski definition) is 4. The van der Waals surface area contributed by atoms with Gasteiger partial charge in [-0.3, -0.25) is 9.52 Å². The maximum atomic E-state index is 11.6. The minimum Gasteiger partial charge on any atom is -0.325 e. The third-order valence-corrected chi connectivity index (χ3v) is 3.57. The van der Waals surface area contributed by atoms with E-state index < -0.39 is 10.0 Å². The van der Waals surface area contributed by atoms with Crippen molar-refractivity contribution in [2.24, 2.45) is 5.73 Å². The lowest BCUT2D eigenvalue weighted by molar-refractivity contribution is -0.114. The minimum absolute atomic E-state index is 0.0619. The van der Waals surface area contributed by atoms with Crippen LogP contribution in [0.1, 0.15) is 13.3 Å². The number of carbonyl (C=O) groups excluding carboxylic acids is 1. The Morgan fingerprint density at radius 2 is 2.00 bits per heavy atom. The first-order valence-electron chi connectivity index (χ1n) is 5.57. The van der Waals surface area contributed by atoms with Crippen molar-refractivity contribution in [2.75, 3.05) is 22.3 Å². The van der Waals surface area contributed by atoms with E-state index >= 15 is 0 Å². The van der Waals surface area contributed by atoms with Gasteiger partial charge in [0.15, 0.2) is 0 Å². The quantitative estimate of drug-likeness (QED) is 0.710. The van der Waals surface area contributed by atoms with Gasteiger partial charge in [-0.1, -0.05) is 13.0 Å². The summed E-state index contributed by atoms with van der Waals surface area (Å²) in [4.78, 5) is 11.1. The smallest absolute Gasteiger partial charge is 0.238 e. The van der Waals surface area contributed by atoms with E-state index in [9.17, 15) is 13.2 Å². The fourth-order valence-electron chi connectivity index (χ4n) is 1.37. The maximum Gasteiger partial charge on any atom is 0.238 e. The van der Waals surface area contributed by atoms with Crippen molar-refractivity contribution < 1.29 is 13.2 Å². The van der Waals surface area contributed by atoms with Gasteiger partial charge in [0.05, 0.1) is 18.0 Å². The van der Waals surface area contributed by atoms with Gasteiger partial charge in [-0.25, -0.2) is 8.42 Å². The van der Waals surface area contributed by atoms with E-state index in [0.717, 1.165) is 0 Å². The molecule has 1 rings (SSSR count). The maximum absolute atomic E-state index is 11.6. The molecule has 0 radical (unpaired) electrons. The van der Waals surface area contributed by atoms with Gasteiger partial charge in [-0.05, 0) is 24.6 Å². The Morgan fingerprint density at radius 1 is 1.33 bits per heavy atom. The average molecular weight is 271 g/mol. The first kappa shape index (κ1) is 14.5. The SMILES string of the molecule is CCCS(=O)(=O)Nc1cccc(NC(=O)CN)c1. The number of nitrogens with one attached hydrogen (secondary N) is 2. The van der Waals surface area contributed by atoms with E-state index in [0.29, 0.717) is 17.8 Å². The number of nitrogens with two attached hydrogens (primary N) is 1. The zero-order valence-electron chi connectivity index (χ0n) is 10.1. The Bertz CT molecular complexity index is 514. The summed E-state index contributed by atoms with van der Waals surface area (Å²) in [6, 6.07) is 6.47. The number of rotatable bonds is 6. The summed E-state index contributed by atoms with van der Waals surface area (Å²) in [7, 11) is -3.32. The summed E-state index contributed by atoms with van der Waals surface area (Å²) < 4.78 is 25.6. The molecule has 7 heteroatoms. The van der Waals surface area contributed by atoms with E-state index in [1.165, 1.54) is 0 Å². The number of sulfonamides is 1. The Labute approximate surface area is 107 Å². The van der Waals surface area contributed by atoms with Crippen molar-refractivity contribution >= 4 is 27.3 Å². The molecule has 0 unspecified atom stereocenters. The second-order valence-electron chi connectivity index (χ2n) is 3.75. The molecule has 18 heavy (non-hydrogen) atoms. The lowest BCUT2D eigenvalue weighted by Crippen LogP contribution is -2.22. The first-order valence-corrected chi connectivity index (χ1v) is 7.22. The van der Waals surface area contributed by atoms with Crippen molar-refractivity contribution in [2.45, 2.75) is 13.3 Å². The fraction of sp³-hybridized carbons (Fsp3) is 0.364. The number of amides is 1. The number of benzene rings is 1. The summed E-state index contributed by atoms with van der Waals surface area (Å²) in [5, 5.41) is 2.55.